The van der Waals surface area contributed by atoms with Crippen LogP contribution in [0.1, 0.15) is 46.0 Å². The molecule has 0 saturated heterocycles. The quantitative estimate of drug-likeness (QED) is 0.555. The zero-order valence-electron chi connectivity index (χ0n) is 9.20. The third-order valence-corrected chi connectivity index (χ3v) is 3.42. The zero-order chi connectivity index (χ0) is 10.6. The Labute approximate surface area is 86.0 Å². The maximum atomic E-state index is 11.7. The molecule has 0 bridgehead atoms. The number of hydroxylamine groups is 1. The van der Waals surface area contributed by atoms with Gasteiger partial charge in [-0.2, -0.15) is 0 Å². The molecule has 1 aliphatic heterocycles. The molecule has 2 atom stereocenters. The number of hydrogen-bond acceptors (Lipinski definition) is 2. The lowest BCUT2D eigenvalue weighted by atomic mass is 9.78. The molecule has 0 fully saturated rings. The van der Waals surface area contributed by atoms with Crippen molar-refractivity contribution >= 4 is 6.21 Å². The standard InChI is InChI=1S/C11H21NO2/c1-3-6-10(9-13)11(2)7-4-5-8-12(11)14/h8,10,13H,3-7,9H2,1-2H3/t10?,11-/m0/s1. The molecule has 0 amide bonds. The third-order valence-electron chi connectivity index (χ3n) is 3.42. The van der Waals surface area contributed by atoms with E-state index >= 15 is 0 Å². The Hall–Kier alpha value is -0.570. The van der Waals surface area contributed by atoms with E-state index < -0.39 is 0 Å². The van der Waals surface area contributed by atoms with Crippen molar-refractivity contribution in [3.63, 3.8) is 0 Å². The van der Waals surface area contributed by atoms with Crippen LogP contribution in [-0.4, -0.2) is 28.2 Å². The first-order valence-electron chi connectivity index (χ1n) is 5.55. The Morgan fingerprint density at radius 3 is 2.86 bits per heavy atom. The van der Waals surface area contributed by atoms with Gasteiger partial charge >= 0.3 is 0 Å². The minimum Gasteiger partial charge on any atom is -0.624 e. The molecule has 82 valence electrons. The molecular weight excluding hydrogens is 178 g/mol. The van der Waals surface area contributed by atoms with E-state index in [9.17, 15) is 10.3 Å². The van der Waals surface area contributed by atoms with Gasteiger partial charge in [-0.25, -0.2) is 4.74 Å². The topological polar surface area (TPSA) is 46.3 Å². The molecule has 1 rings (SSSR count). The highest BCUT2D eigenvalue weighted by Gasteiger charge is 2.41. The Morgan fingerprint density at radius 2 is 2.36 bits per heavy atom. The monoisotopic (exact) mass is 199 g/mol. The zero-order valence-corrected chi connectivity index (χ0v) is 9.20. The van der Waals surface area contributed by atoms with Crippen molar-refractivity contribution in [1.29, 1.82) is 0 Å². The minimum absolute atomic E-state index is 0.113. The summed E-state index contributed by atoms with van der Waals surface area (Å²) in [6.45, 7) is 4.19. The molecule has 0 spiro atoms. The van der Waals surface area contributed by atoms with Crippen molar-refractivity contribution in [2.24, 2.45) is 5.92 Å². The molecule has 0 saturated carbocycles. The van der Waals surface area contributed by atoms with Crippen LogP contribution in [0.3, 0.4) is 0 Å². The van der Waals surface area contributed by atoms with E-state index in [0.717, 1.165) is 36.8 Å². The van der Waals surface area contributed by atoms with Gasteiger partial charge in [0.15, 0.2) is 11.8 Å². The summed E-state index contributed by atoms with van der Waals surface area (Å²) in [6.07, 6.45) is 6.52. The average molecular weight is 199 g/mol. The summed E-state index contributed by atoms with van der Waals surface area (Å²) in [5.74, 6) is 0.113. The lowest BCUT2D eigenvalue weighted by Crippen LogP contribution is -2.47. The second kappa shape index (κ2) is 4.78. The van der Waals surface area contributed by atoms with E-state index in [1.54, 1.807) is 6.21 Å². The average Bonchev–Trinajstić information content (AvgIpc) is 2.19. The van der Waals surface area contributed by atoms with Gasteiger partial charge in [-0.1, -0.05) is 13.3 Å². The molecule has 1 heterocycles. The van der Waals surface area contributed by atoms with Crippen LogP contribution in [0.15, 0.2) is 0 Å². The molecule has 1 N–H and O–H groups in total. The molecule has 1 aliphatic rings. The highest BCUT2D eigenvalue weighted by molar-refractivity contribution is 5.52. The van der Waals surface area contributed by atoms with Gasteiger partial charge in [0, 0.05) is 25.7 Å². The lowest BCUT2D eigenvalue weighted by Gasteiger charge is -2.36. The van der Waals surface area contributed by atoms with E-state index in [4.69, 9.17) is 0 Å². The normalized spacial score (nSPS) is 29.8. The van der Waals surface area contributed by atoms with E-state index in [-0.39, 0.29) is 18.1 Å². The molecule has 0 aliphatic carbocycles. The molecule has 3 heteroatoms. The summed E-state index contributed by atoms with van der Waals surface area (Å²) in [5.41, 5.74) is -0.372. The predicted molar refractivity (Wildman–Crippen MR) is 57.4 cm³/mol. The second-order valence-corrected chi connectivity index (χ2v) is 4.43. The fraction of sp³-hybridized carbons (Fsp3) is 0.909. The van der Waals surface area contributed by atoms with E-state index in [1.807, 2.05) is 6.92 Å². The van der Waals surface area contributed by atoms with Crippen molar-refractivity contribution < 1.29 is 9.85 Å². The molecule has 3 nitrogen and oxygen atoms in total. The highest BCUT2D eigenvalue weighted by Crippen LogP contribution is 2.32. The van der Waals surface area contributed by atoms with Gasteiger partial charge < -0.3 is 10.3 Å². The van der Waals surface area contributed by atoms with Gasteiger partial charge in [-0.05, 0) is 12.8 Å². The number of aliphatic hydroxyl groups excluding tert-OH is 1. The molecular formula is C11H21NO2. The summed E-state index contributed by atoms with van der Waals surface area (Å²) in [7, 11) is 0. The highest BCUT2D eigenvalue weighted by atomic mass is 16.5. The summed E-state index contributed by atoms with van der Waals surface area (Å²) in [4.78, 5) is 0. The molecule has 1 unspecified atom stereocenters. The van der Waals surface area contributed by atoms with Crippen molar-refractivity contribution in [2.45, 2.75) is 51.5 Å². The maximum absolute atomic E-state index is 11.7. The van der Waals surface area contributed by atoms with E-state index in [2.05, 4.69) is 6.92 Å². The van der Waals surface area contributed by atoms with Gasteiger partial charge in [0.1, 0.15) is 0 Å². The van der Waals surface area contributed by atoms with Crippen LogP contribution in [0.2, 0.25) is 0 Å². The smallest absolute Gasteiger partial charge is 0.174 e. The SMILES string of the molecule is CCCC(CO)[C@]1(C)CCCC=[N+]1[O-]. The summed E-state index contributed by atoms with van der Waals surface area (Å²) >= 11 is 0. The maximum Gasteiger partial charge on any atom is 0.174 e. The Balaban J connectivity index is 2.79. The van der Waals surface area contributed by atoms with Crippen LogP contribution in [0, 0.1) is 11.1 Å². The largest absolute Gasteiger partial charge is 0.624 e. The van der Waals surface area contributed by atoms with Crippen LogP contribution >= 0.6 is 0 Å². The number of hydrogen-bond donors (Lipinski definition) is 1. The van der Waals surface area contributed by atoms with Gasteiger partial charge in [-0.15, -0.1) is 0 Å². The first-order chi connectivity index (χ1) is 6.65. The van der Waals surface area contributed by atoms with Crippen LogP contribution in [0.5, 0.6) is 0 Å². The van der Waals surface area contributed by atoms with Crippen LogP contribution in [0.25, 0.3) is 0 Å². The predicted octanol–water partition coefficient (Wildman–Crippen LogP) is 1.92. The Bertz CT molecular complexity index is 215. The number of nitrogens with zero attached hydrogens (tertiary/aromatic N) is 1. The molecule has 0 aromatic carbocycles. The summed E-state index contributed by atoms with van der Waals surface area (Å²) < 4.78 is 1.08. The Morgan fingerprint density at radius 1 is 1.64 bits per heavy atom. The lowest BCUT2D eigenvalue weighted by molar-refractivity contribution is -0.561. The molecule has 0 radical (unpaired) electrons. The first kappa shape index (κ1) is 11.5. The van der Waals surface area contributed by atoms with Crippen LogP contribution in [-0.2, 0) is 0 Å². The molecule has 14 heavy (non-hydrogen) atoms. The Kier molecular flexibility index (Phi) is 3.93. The minimum atomic E-state index is -0.372. The molecule has 0 aromatic rings. The summed E-state index contributed by atoms with van der Waals surface area (Å²) in [5, 5.41) is 21.1. The molecule has 0 aromatic heterocycles. The van der Waals surface area contributed by atoms with Crippen molar-refractivity contribution in [3.05, 3.63) is 5.21 Å². The van der Waals surface area contributed by atoms with Gasteiger partial charge in [0.25, 0.3) is 0 Å². The van der Waals surface area contributed by atoms with E-state index in [1.165, 1.54) is 0 Å². The second-order valence-electron chi connectivity index (χ2n) is 4.43. The number of rotatable bonds is 4. The third kappa shape index (κ3) is 2.08. The van der Waals surface area contributed by atoms with Crippen molar-refractivity contribution in [1.82, 2.24) is 0 Å². The summed E-state index contributed by atoms with van der Waals surface area (Å²) in [6, 6.07) is 0. The first-order valence-corrected chi connectivity index (χ1v) is 5.55. The van der Waals surface area contributed by atoms with Gasteiger partial charge in [-0.3, -0.25) is 0 Å². The van der Waals surface area contributed by atoms with E-state index in [0.29, 0.717) is 0 Å². The van der Waals surface area contributed by atoms with Gasteiger partial charge in [0.2, 0.25) is 0 Å². The van der Waals surface area contributed by atoms with Crippen LogP contribution < -0.4 is 0 Å². The van der Waals surface area contributed by atoms with Gasteiger partial charge in [0.05, 0.1) is 6.61 Å². The van der Waals surface area contributed by atoms with Crippen molar-refractivity contribution in [2.75, 3.05) is 6.61 Å². The fourth-order valence-electron chi connectivity index (χ4n) is 2.32. The van der Waals surface area contributed by atoms with Crippen molar-refractivity contribution in [3.8, 4) is 0 Å². The number of aliphatic hydroxyl groups is 1. The van der Waals surface area contributed by atoms with Crippen LogP contribution in [0.4, 0.5) is 0 Å². The fourth-order valence-corrected chi connectivity index (χ4v) is 2.32.